The van der Waals surface area contributed by atoms with Crippen molar-refractivity contribution in [3.8, 4) is 0 Å². The van der Waals surface area contributed by atoms with Crippen molar-refractivity contribution in [3.05, 3.63) is 60.1 Å². The molecule has 1 aliphatic heterocycles. The molecule has 0 N–H and O–H groups in total. The van der Waals surface area contributed by atoms with E-state index in [1.807, 2.05) is 49.1 Å². The van der Waals surface area contributed by atoms with E-state index >= 15 is 0 Å². The van der Waals surface area contributed by atoms with Gasteiger partial charge in [0.2, 0.25) is 11.9 Å². The van der Waals surface area contributed by atoms with Gasteiger partial charge in [0.15, 0.2) is 5.16 Å². The van der Waals surface area contributed by atoms with Gasteiger partial charge in [-0.1, -0.05) is 49.0 Å². The quantitative estimate of drug-likeness (QED) is 0.426. The van der Waals surface area contributed by atoms with Crippen molar-refractivity contribution in [1.29, 1.82) is 0 Å². The van der Waals surface area contributed by atoms with Gasteiger partial charge in [-0.25, -0.2) is 0 Å². The zero-order valence-corrected chi connectivity index (χ0v) is 20.5. The number of benzene rings is 1. The zero-order chi connectivity index (χ0) is 23.2. The third-order valence-corrected chi connectivity index (χ3v) is 7.27. The minimum absolute atomic E-state index is 0.104. The van der Waals surface area contributed by atoms with Gasteiger partial charge in [-0.2, -0.15) is 0 Å². The number of aromatic nitrogens is 3. The first kappa shape index (κ1) is 23.4. The lowest BCUT2D eigenvalue weighted by molar-refractivity contribution is -0.130. The number of nitrogens with zero attached hydrogens (tertiary/aromatic N) is 5. The summed E-state index contributed by atoms with van der Waals surface area (Å²) in [5.41, 5.74) is 1.13. The lowest BCUT2D eigenvalue weighted by Gasteiger charge is -2.31. The summed E-state index contributed by atoms with van der Waals surface area (Å²) in [5, 5.41) is 9.52. The van der Waals surface area contributed by atoms with Crippen LogP contribution in [0.3, 0.4) is 0 Å². The van der Waals surface area contributed by atoms with Gasteiger partial charge in [-0.15, -0.1) is 10.2 Å². The normalized spacial score (nSPS) is 15.5. The number of hydrogen-bond donors (Lipinski definition) is 0. The molecule has 1 amide bonds. The van der Waals surface area contributed by atoms with E-state index in [0.717, 1.165) is 54.3 Å². The number of piperidine rings is 1. The predicted molar refractivity (Wildman–Crippen MR) is 131 cm³/mol. The SMILES string of the molecule is CCN(Cc1ccccc1)C(=O)C(C)Sc1nnc(N2CCC(C)CC2)n1Cc1ccco1. The van der Waals surface area contributed by atoms with E-state index in [1.54, 1.807) is 6.26 Å². The maximum absolute atomic E-state index is 13.3. The van der Waals surface area contributed by atoms with Crippen LogP contribution in [-0.2, 0) is 17.9 Å². The van der Waals surface area contributed by atoms with Crippen molar-refractivity contribution in [2.45, 2.75) is 57.1 Å². The Kier molecular flexibility index (Phi) is 7.75. The van der Waals surface area contributed by atoms with Crippen LogP contribution < -0.4 is 4.90 Å². The van der Waals surface area contributed by atoms with Gasteiger partial charge in [-0.3, -0.25) is 9.36 Å². The molecule has 0 bridgehead atoms. The zero-order valence-electron chi connectivity index (χ0n) is 19.7. The van der Waals surface area contributed by atoms with E-state index in [0.29, 0.717) is 19.6 Å². The van der Waals surface area contributed by atoms with Gasteiger partial charge in [-0.05, 0) is 50.3 Å². The maximum Gasteiger partial charge on any atom is 0.236 e. The standard InChI is InChI=1S/C25H33N5O2S/c1-4-28(17-21-9-6-5-7-10-21)23(31)20(3)33-25-27-26-24(29-14-12-19(2)13-15-29)30(25)18-22-11-8-16-32-22/h5-11,16,19-20H,4,12-15,17-18H2,1-3H3. The fraction of sp³-hybridized carbons (Fsp3) is 0.480. The molecule has 0 saturated carbocycles. The fourth-order valence-corrected chi connectivity index (χ4v) is 5.05. The summed E-state index contributed by atoms with van der Waals surface area (Å²) < 4.78 is 7.71. The Hall–Kier alpha value is -2.74. The number of amides is 1. The molecule has 1 aliphatic rings. The van der Waals surface area contributed by atoms with Crippen LogP contribution in [0.25, 0.3) is 0 Å². The first-order valence-corrected chi connectivity index (χ1v) is 12.6. The summed E-state index contributed by atoms with van der Waals surface area (Å²) in [7, 11) is 0. The number of hydrogen-bond acceptors (Lipinski definition) is 6. The highest BCUT2D eigenvalue weighted by molar-refractivity contribution is 8.00. The second kappa shape index (κ2) is 10.9. The molecule has 4 rings (SSSR count). The molecule has 0 spiro atoms. The first-order valence-electron chi connectivity index (χ1n) is 11.7. The van der Waals surface area contributed by atoms with E-state index < -0.39 is 0 Å². The Morgan fingerprint density at radius 3 is 2.61 bits per heavy atom. The van der Waals surface area contributed by atoms with Gasteiger partial charge >= 0.3 is 0 Å². The van der Waals surface area contributed by atoms with Crippen LogP contribution in [0, 0.1) is 5.92 Å². The molecule has 1 saturated heterocycles. The number of carbonyl (C=O) groups is 1. The van der Waals surface area contributed by atoms with Crippen LogP contribution >= 0.6 is 11.8 Å². The Bertz CT molecular complexity index is 1010. The highest BCUT2D eigenvalue weighted by Crippen LogP contribution is 2.30. The number of rotatable bonds is 9. The van der Waals surface area contributed by atoms with Crippen LogP contribution in [0.1, 0.15) is 44.9 Å². The summed E-state index contributed by atoms with van der Waals surface area (Å²) in [6.45, 7) is 10.0. The molecule has 1 aromatic carbocycles. The topological polar surface area (TPSA) is 67.4 Å². The van der Waals surface area contributed by atoms with Gasteiger partial charge in [0, 0.05) is 26.2 Å². The molecule has 1 atom stereocenters. The molecule has 8 heteroatoms. The predicted octanol–water partition coefficient (Wildman–Crippen LogP) is 4.69. The summed E-state index contributed by atoms with van der Waals surface area (Å²) in [4.78, 5) is 17.5. The largest absolute Gasteiger partial charge is 0.467 e. The van der Waals surface area contributed by atoms with E-state index in [1.165, 1.54) is 11.8 Å². The number of carbonyl (C=O) groups excluding carboxylic acids is 1. The molecular formula is C25H33N5O2S. The van der Waals surface area contributed by atoms with Gasteiger partial charge in [0.25, 0.3) is 0 Å². The number of thioether (sulfide) groups is 1. The van der Waals surface area contributed by atoms with Crippen LogP contribution in [0.2, 0.25) is 0 Å². The second-order valence-corrected chi connectivity index (χ2v) is 10.0. The van der Waals surface area contributed by atoms with Gasteiger partial charge in [0.1, 0.15) is 5.76 Å². The molecule has 33 heavy (non-hydrogen) atoms. The Morgan fingerprint density at radius 1 is 1.18 bits per heavy atom. The minimum atomic E-state index is -0.276. The molecular weight excluding hydrogens is 434 g/mol. The first-order chi connectivity index (χ1) is 16.0. The van der Waals surface area contributed by atoms with Crippen molar-refractivity contribution in [1.82, 2.24) is 19.7 Å². The summed E-state index contributed by atoms with van der Waals surface area (Å²) in [6.07, 6.45) is 3.98. The van der Waals surface area contributed by atoms with Gasteiger partial charge in [0.05, 0.1) is 18.1 Å². The maximum atomic E-state index is 13.3. The van der Waals surface area contributed by atoms with Crippen LogP contribution in [0.15, 0.2) is 58.3 Å². The molecule has 2 aromatic heterocycles. The van der Waals surface area contributed by atoms with Crippen LogP contribution in [-0.4, -0.2) is 50.5 Å². The van der Waals surface area contributed by atoms with Crippen LogP contribution in [0.4, 0.5) is 5.95 Å². The smallest absolute Gasteiger partial charge is 0.236 e. The van der Waals surface area contributed by atoms with Crippen molar-refractivity contribution in [2.75, 3.05) is 24.5 Å². The molecule has 3 heterocycles. The molecule has 7 nitrogen and oxygen atoms in total. The molecule has 176 valence electrons. The second-order valence-electron chi connectivity index (χ2n) is 8.72. The van der Waals surface area contributed by atoms with Crippen molar-refractivity contribution >= 4 is 23.6 Å². The average Bonchev–Trinajstić information content (AvgIpc) is 3.49. The fourth-order valence-electron chi connectivity index (χ4n) is 4.12. The van der Waals surface area contributed by atoms with E-state index in [2.05, 4.69) is 38.7 Å². The Labute approximate surface area is 200 Å². The minimum Gasteiger partial charge on any atom is -0.467 e. The highest BCUT2D eigenvalue weighted by Gasteiger charge is 2.27. The molecule has 3 aromatic rings. The Morgan fingerprint density at radius 2 is 1.94 bits per heavy atom. The van der Waals surface area contributed by atoms with Crippen molar-refractivity contribution in [2.24, 2.45) is 5.92 Å². The average molecular weight is 468 g/mol. The third-order valence-electron chi connectivity index (χ3n) is 6.20. The van der Waals surface area contributed by atoms with Crippen LogP contribution in [0.5, 0.6) is 0 Å². The van der Waals surface area contributed by atoms with E-state index in [9.17, 15) is 4.79 Å². The summed E-state index contributed by atoms with van der Waals surface area (Å²) in [6, 6.07) is 14.0. The van der Waals surface area contributed by atoms with Gasteiger partial charge < -0.3 is 14.2 Å². The van der Waals surface area contributed by atoms with E-state index in [-0.39, 0.29) is 11.2 Å². The number of furan rings is 1. The molecule has 0 radical (unpaired) electrons. The Balaban J connectivity index is 1.51. The molecule has 1 fully saturated rings. The molecule has 0 aliphatic carbocycles. The summed E-state index contributed by atoms with van der Waals surface area (Å²) >= 11 is 1.47. The molecule has 1 unspecified atom stereocenters. The van der Waals surface area contributed by atoms with Crippen molar-refractivity contribution in [3.63, 3.8) is 0 Å². The third kappa shape index (κ3) is 5.79. The monoisotopic (exact) mass is 467 g/mol. The highest BCUT2D eigenvalue weighted by atomic mass is 32.2. The van der Waals surface area contributed by atoms with Crippen molar-refractivity contribution < 1.29 is 9.21 Å². The lowest BCUT2D eigenvalue weighted by Crippen LogP contribution is -2.36. The van der Waals surface area contributed by atoms with E-state index in [4.69, 9.17) is 4.42 Å². The number of anilines is 1. The summed E-state index contributed by atoms with van der Waals surface area (Å²) in [5.74, 6) is 2.55. The lowest BCUT2D eigenvalue weighted by atomic mass is 10.00.